The highest BCUT2D eigenvalue weighted by Gasteiger charge is 2.31. The molecule has 0 aliphatic heterocycles. The molecule has 1 heterocycles. The molecule has 3 aromatic rings. The van der Waals surface area contributed by atoms with Crippen molar-refractivity contribution in [2.75, 3.05) is 0 Å². The van der Waals surface area contributed by atoms with Gasteiger partial charge in [0.1, 0.15) is 12.2 Å². The van der Waals surface area contributed by atoms with E-state index in [4.69, 9.17) is 28.5 Å². The minimum Gasteiger partial charge on any atom is -0.323 e. The summed E-state index contributed by atoms with van der Waals surface area (Å²) in [5, 5.41) is 9.31. The topological polar surface area (TPSA) is 41.6 Å². The summed E-state index contributed by atoms with van der Waals surface area (Å²) in [5.41, 5.74) is 2.04. The van der Waals surface area contributed by atoms with Crippen LogP contribution >= 0.6 is 23.2 Å². The first-order valence-electron chi connectivity index (χ1n) is 7.17. The summed E-state index contributed by atoms with van der Waals surface area (Å²) in [6, 6.07) is 11.6. The molecule has 0 N–H and O–H groups in total. The normalized spacial score (nSPS) is 11.7. The Hall–Kier alpha value is -2.23. The van der Waals surface area contributed by atoms with Gasteiger partial charge in [-0.05, 0) is 29.8 Å². The van der Waals surface area contributed by atoms with Gasteiger partial charge in [-0.1, -0.05) is 35.3 Å². The van der Waals surface area contributed by atoms with Crippen LogP contribution < -0.4 is 0 Å². The van der Waals surface area contributed by atoms with E-state index in [-0.39, 0.29) is 22.4 Å². The maximum Gasteiger partial charge on any atom is 0.396 e. The van der Waals surface area contributed by atoms with E-state index < -0.39 is 12.6 Å². The van der Waals surface area contributed by atoms with E-state index in [9.17, 15) is 13.2 Å². The standard InChI is InChI=1S/C17H10Cl2F3N3/c18-12-5-14-15(6-13(12)19)25(16(24-14)7-17(20,21)22)9-11-3-1-10(8-23)2-4-11/h1-6H,7,9H2. The number of hydrogen-bond donors (Lipinski definition) is 0. The molecular formula is C17H10Cl2F3N3. The Bertz CT molecular complexity index is 970. The Labute approximate surface area is 151 Å². The lowest BCUT2D eigenvalue weighted by Gasteiger charge is -2.11. The maximum atomic E-state index is 12.9. The van der Waals surface area contributed by atoms with E-state index in [1.807, 2.05) is 6.07 Å². The van der Waals surface area contributed by atoms with Gasteiger partial charge in [0, 0.05) is 6.54 Å². The quantitative estimate of drug-likeness (QED) is 0.610. The average Bonchev–Trinajstić information content (AvgIpc) is 2.83. The summed E-state index contributed by atoms with van der Waals surface area (Å²) in [6.45, 7) is 0.172. The van der Waals surface area contributed by atoms with Crippen molar-refractivity contribution in [2.45, 2.75) is 19.1 Å². The summed E-state index contributed by atoms with van der Waals surface area (Å²) in [4.78, 5) is 4.08. The SMILES string of the molecule is N#Cc1ccc(Cn2c(CC(F)(F)F)nc3cc(Cl)c(Cl)cc32)cc1. The molecule has 3 nitrogen and oxygen atoms in total. The summed E-state index contributed by atoms with van der Waals surface area (Å²) in [5.74, 6) is -0.120. The van der Waals surface area contributed by atoms with E-state index in [1.165, 1.54) is 16.7 Å². The zero-order valence-corrected chi connectivity index (χ0v) is 14.1. The van der Waals surface area contributed by atoms with Crippen LogP contribution in [0.15, 0.2) is 36.4 Å². The number of fused-ring (bicyclic) bond motifs is 1. The van der Waals surface area contributed by atoms with Gasteiger partial charge < -0.3 is 4.57 Å². The fourth-order valence-electron chi connectivity index (χ4n) is 2.53. The van der Waals surface area contributed by atoms with Crippen molar-refractivity contribution in [1.82, 2.24) is 9.55 Å². The molecule has 8 heteroatoms. The van der Waals surface area contributed by atoms with Gasteiger partial charge in [0.05, 0.1) is 32.7 Å². The van der Waals surface area contributed by atoms with Gasteiger partial charge in [0.2, 0.25) is 0 Å². The third-order valence-corrected chi connectivity index (χ3v) is 4.37. The van der Waals surface area contributed by atoms with Crippen LogP contribution in [0.4, 0.5) is 13.2 Å². The number of benzene rings is 2. The van der Waals surface area contributed by atoms with Crippen molar-refractivity contribution in [3.63, 3.8) is 0 Å². The third kappa shape index (κ3) is 3.89. The number of imidazole rings is 1. The average molecular weight is 384 g/mol. The van der Waals surface area contributed by atoms with E-state index in [0.717, 1.165) is 5.56 Å². The van der Waals surface area contributed by atoms with Crippen LogP contribution in [0.1, 0.15) is 17.0 Å². The molecule has 0 radical (unpaired) electrons. The molecule has 0 aliphatic rings. The minimum atomic E-state index is -4.39. The highest BCUT2D eigenvalue weighted by atomic mass is 35.5. The molecule has 0 atom stereocenters. The third-order valence-electron chi connectivity index (χ3n) is 3.65. The summed E-state index contributed by atoms with van der Waals surface area (Å²) >= 11 is 12.0. The van der Waals surface area contributed by atoms with Gasteiger partial charge in [-0.3, -0.25) is 0 Å². The van der Waals surface area contributed by atoms with Crippen molar-refractivity contribution in [3.8, 4) is 6.07 Å². The minimum absolute atomic E-state index is 0.120. The molecule has 1 aromatic heterocycles. The molecule has 0 bridgehead atoms. The van der Waals surface area contributed by atoms with Gasteiger partial charge in [0.15, 0.2) is 0 Å². The number of nitrogens with zero attached hydrogens (tertiary/aromatic N) is 3. The Balaban J connectivity index is 2.10. The molecule has 0 saturated carbocycles. The largest absolute Gasteiger partial charge is 0.396 e. The van der Waals surface area contributed by atoms with Crippen molar-refractivity contribution < 1.29 is 13.2 Å². The smallest absolute Gasteiger partial charge is 0.323 e. The Morgan fingerprint density at radius 1 is 1.08 bits per heavy atom. The molecule has 0 unspecified atom stereocenters. The monoisotopic (exact) mass is 383 g/mol. The van der Waals surface area contributed by atoms with Crippen molar-refractivity contribution in [2.24, 2.45) is 0 Å². The lowest BCUT2D eigenvalue weighted by molar-refractivity contribution is -0.128. The van der Waals surface area contributed by atoms with Crippen LogP contribution in [-0.2, 0) is 13.0 Å². The van der Waals surface area contributed by atoms with Gasteiger partial charge in [0.25, 0.3) is 0 Å². The Morgan fingerprint density at radius 2 is 1.72 bits per heavy atom. The first kappa shape index (κ1) is 17.6. The zero-order valence-electron chi connectivity index (χ0n) is 12.6. The number of alkyl halides is 3. The summed E-state index contributed by atoms with van der Waals surface area (Å²) in [6.07, 6.45) is -5.55. The van der Waals surface area contributed by atoms with Crippen LogP contribution in [0.5, 0.6) is 0 Å². The number of hydrogen-bond acceptors (Lipinski definition) is 2. The van der Waals surface area contributed by atoms with E-state index in [2.05, 4.69) is 4.98 Å². The van der Waals surface area contributed by atoms with Crippen LogP contribution in [0.3, 0.4) is 0 Å². The molecular weight excluding hydrogens is 374 g/mol. The fourth-order valence-corrected chi connectivity index (χ4v) is 2.84. The van der Waals surface area contributed by atoms with Gasteiger partial charge in [-0.15, -0.1) is 0 Å². The molecule has 0 saturated heterocycles. The molecule has 3 rings (SSSR count). The predicted molar refractivity (Wildman–Crippen MR) is 89.8 cm³/mol. The number of halogens is 5. The molecule has 128 valence electrons. The van der Waals surface area contributed by atoms with Crippen molar-refractivity contribution >= 4 is 34.2 Å². The van der Waals surface area contributed by atoms with Crippen molar-refractivity contribution in [3.05, 3.63) is 63.4 Å². The number of aromatic nitrogens is 2. The fraction of sp³-hybridized carbons (Fsp3) is 0.176. The summed E-state index contributed by atoms with van der Waals surface area (Å²) < 4.78 is 40.2. The lowest BCUT2D eigenvalue weighted by atomic mass is 10.1. The predicted octanol–water partition coefficient (Wildman–Crippen LogP) is 5.37. The molecule has 2 aromatic carbocycles. The van der Waals surface area contributed by atoms with Crippen LogP contribution in [0, 0.1) is 11.3 Å². The molecule has 25 heavy (non-hydrogen) atoms. The first-order chi connectivity index (χ1) is 11.8. The van der Waals surface area contributed by atoms with Gasteiger partial charge in [-0.2, -0.15) is 18.4 Å². The Kier molecular flexibility index (Phi) is 4.63. The van der Waals surface area contributed by atoms with Crippen LogP contribution in [0.25, 0.3) is 11.0 Å². The maximum absolute atomic E-state index is 12.9. The second kappa shape index (κ2) is 6.58. The first-order valence-corrected chi connectivity index (χ1v) is 7.92. The number of rotatable bonds is 3. The molecule has 0 amide bonds. The van der Waals surface area contributed by atoms with Crippen LogP contribution in [-0.4, -0.2) is 15.7 Å². The Morgan fingerprint density at radius 3 is 2.32 bits per heavy atom. The molecule has 0 fully saturated rings. The summed E-state index contributed by atoms with van der Waals surface area (Å²) in [7, 11) is 0. The van der Waals surface area contributed by atoms with E-state index >= 15 is 0 Å². The zero-order chi connectivity index (χ0) is 18.2. The lowest BCUT2D eigenvalue weighted by Crippen LogP contribution is -2.16. The number of nitriles is 1. The van der Waals surface area contributed by atoms with Crippen molar-refractivity contribution in [1.29, 1.82) is 5.26 Å². The highest BCUT2D eigenvalue weighted by molar-refractivity contribution is 6.42. The van der Waals surface area contributed by atoms with Gasteiger partial charge >= 0.3 is 6.18 Å². The van der Waals surface area contributed by atoms with Gasteiger partial charge in [-0.25, -0.2) is 4.98 Å². The second-order valence-corrected chi connectivity index (χ2v) is 6.28. The van der Waals surface area contributed by atoms with E-state index in [0.29, 0.717) is 16.6 Å². The van der Waals surface area contributed by atoms with Crippen LogP contribution in [0.2, 0.25) is 10.0 Å². The van der Waals surface area contributed by atoms with E-state index in [1.54, 1.807) is 24.3 Å². The molecule has 0 spiro atoms. The highest BCUT2D eigenvalue weighted by Crippen LogP contribution is 2.31. The second-order valence-electron chi connectivity index (χ2n) is 5.47. The molecule has 0 aliphatic carbocycles.